The molecule has 0 aliphatic heterocycles. The van der Waals surface area contributed by atoms with Crippen LogP contribution in [0.1, 0.15) is 44.9 Å². The van der Waals surface area contributed by atoms with Crippen molar-refractivity contribution < 1.29 is 18.0 Å². The Bertz CT molecular complexity index is 1260. The standard InChI is InChI=1S/C28H33N3O4S/c29-27(33)28-14-18-12-21(15-28)26(22(13-18)16-28)30-25(32)17-31(23-8-9-23)36(34,35)24-10-6-20(7-11-24)19-4-2-1-3-5-19/h1-7,10-11,18,21-23,26H,8-9,12-17H2,(H2,29,33)(H,30,32). The average Bonchev–Trinajstić information content (AvgIpc) is 3.70. The summed E-state index contributed by atoms with van der Waals surface area (Å²) in [5.74, 6) is 0.534. The van der Waals surface area contributed by atoms with Crippen molar-refractivity contribution in [2.45, 2.75) is 61.9 Å². The van der Waals surface area contributed by atoms with E-state index in [1.165, 1.54) is 4.31 Å². The third kappa shape index (κ3) is 4.14. The predicted molar refractivity (Wildman–Crippen MR) is 136 cm³/mol. The first kappa shape index (κ1) is 23.7. The maximum atomic E-state index is 13.5. The van der Waals surface area contributed by atoms with E-state index in [-0.39, 0.29) is 47.2 Å². The fourth-order valence-electron chi connectivity index (χ4n) is 7.29. The molecule has 5 aliphatic carbocycles. The number of benzene rings is 2. The molecule has 0 heterocycles. The van der Waals surface area contributed by atoms with Gasteiger partial charge in [-0.05, 0) is 86.0 Å². The second-order valence-electron chi connectivity index (χ2n) is 11.4. The molecule has 0 spiro atoms. The van der Waals surface area contributed by atoms with E-state index < -0.39 is 15.4 Å². The molecular weight excluding hydrogens is 474 g/mol. The molecule has 8 heteroatoms. The fraction of sp³-hybridized carbons (Fsp3) is 0.500. The Labute approximate surface area is 212 Å². The van der Waals surface area contributed by atoms with Gasteiger partial charge in [0.2, 0.25) is 21.8 Å². The predicted octanol–water partition coefficient (Wildman–Crippen LogP) is 3.30. The molecule has 0 saturated heterocycles. The van der Waals surface area contributed by atoms with E-state index in [1.807, 2.05) is 42.5 Å². The fourth-order valence-corrected chi connectivity index (χ4v) is 8.93. The minimum absolute atomic E-state index is 0.00422. The van der Waals surface area contributed by atoms with Gasteiger partial charge < -0.3 is 11.1 Å². The second-order valence-corrected chi connectivity index (χ2v) is 13.3. The Morgan fingerprint density at radius 1 is 0.917 bits per heavy atom. The number of nitrogens with zero attached hydrogens (tertiary/aromatic N) is 1. The number of hydrogen-bond donors (Lipinski definition) is 2. The third-order valence-electron chi connectivity index (χ3n) is 8.95. The molecule has 36 heavy (non-hydrogen) atoms. The van der Waals surface area contributed by atoms with Crippen LogP contribution in [0, 0.1) is 23.2 Å². The van der Waals surface area contributed by atoms with Gasteiger partial charge in [0.1, 0.15) is 0 Å². The van der Waals surface area contributed by atoms with Crippen LogP contribution in [0.4, 0.5) is 0 Å². The molecule has 2 amide bonds. The lowest BCUT2D eigenvalue weighted by atomic mass is 9.47. The van der Waals surface area contributed by atoms with Gasteiger partial charge in [0.25, 0.3) is 0 Å². The van der Waals surface area contributed by atoms with Gasteiger partial charge in [0.15, 0.2) is 0 Å². The SMILES string of the molecule is NC(=O)C12CC3CC(C1)C(NC(=O)CN(C1CC1)S(=O)(=O)c1ccc(-c4ccccc4)cc1)C(C3)C2. The number of nitrogens with two attached hydrogens (primary N) is 1. The zero-order chi connectivity index (χ0) is 25.1. The summed E-state index contributed by atoms with van der Waals surface area (Å²) in [6.07, 6.45) is 5.91. The molecule has 0 aromatic heterocycles. The van der Waals surface area contributed by atoms with E-state index in [0.29, 0.717) is 5.92 Å². The first-order valence-corrected chi connectivity index (χ1v) is 14.5. The van der Waals surface area contributed by atoms with E-state index in [2.05, 4.69) is 5.32 Å². The second kappa shape index (κ2) is 8.70. The number of primary amides is 1. The third-order valence-corrected chi connectivity index (χ3v) is 10.9. The number of hydrogen-bond acceptors (Lipinski definition) is 4. The Kier molecular flexibility index (Phi) is 5.72. The lowest BCUT2D eigenvalue weighted by molar-refractivity contribution is -0.147. The lowest BCUT2D eigenvalue weighted by Gasteiger charge is -2.58. The largest absolute Gasteiger partial charge is 0.369 e. The number of amides is 2. The van der Waals surface area contributed by atoms with E-state index in [1.54, 1.807) is 12.1 Å². The Hall–Kier alpha value is -2.71. The summed E-state index contributed by atoms with van der Waals surface area (Å²) in [4.78, 5) is 25.6. The first-order valence-electron chi connectivity index (χ1n) is 13.0. The van der Waals surface area contributed by atoms with E-state index >= 15 is 0 Å². The van der Waals surface area contributed by atoms with E-state index in [4.69, 9.17) is 5.73 Å². The monoisotopic (exact) mass is 507 g/mol. The molecule has 7 nitrogen and oxygen atoms in total. The molecule has 2 aromatic rings. The summed E-state index contributed by atoms with van der Waals surface area (Å²) in [6, 6.07) is 16.6. The smallest absolute Gasteiger partial charge is 0.243 e. The zero-order valence-corrected chi connectivity index (χ0v) is 21.1. The Balaban J connectivity index is 1.16. The van der Waals surface area contributed by atoms with Crippen molar-refractivity contribution in [2.24, 2.45) is 28.9 Å². The van der Waals surface area contributed by atoms with Crippen LogP contribution in [0.5, 0.6) is 0 Å². The molecule has 2 aromatic carbocycles. The minimum atomic E-state index is -3.80. The van der Waals surface area contributed by atoms with Crippen molar-refractivity contribution in [1.82, 2.24) is 9.62 Å². The maximum Gasteiger partial charge on any atom is 0.243 e. The molecule has 5 fully saturated rings. The average molecular weight is 508 g/mol. The molecule has 2 unspecified atom stereocenters. The highest BCUT2D eigenvalue weighted by molar-refractivity contribution is 7.89. The van der Waals surface area contributed by atoms with Gasteiger partial charge in [-0.2, -0.15) is 4.31 Å². The van der Waals surface area contributed by atoms with Crippen LogP contribution in [-0.2, 0) is 19.6 Å². The summed E-state index contributed by atoms with van der Waals surface area (Å²) < 4.78 is 28.5. The number of carbonyl (C=O) groups is 2. The van der Waals surface area contributed by atoms with Crippen LogP contribution in [0.2, 0.25) is 0 Å². The van der Waals surface area contributed by atoms with Gasteiger partial charge in [0, 0.05) is 17.5 Å². The van der Waals surface area contributed by atoms with Gasteiger partial charge in [-0.3, -0.25) is 9.59 Å². The van der Waals surface area contributed by atoms with Crippen molar-refractivity contribution >= 4 is 21.8 Å². The van der Waals surface area contributed by atoms with Crippen molar-refractivity contribution in [2.75, 3.05) is 6.54 Å². The molecule has 3 N–H and O–H groups in total. The summed E-state index contributed by atoms with van der Waals surface area (Å²) >= 11 is 0. The van der Waals surface area contributed by atoms with Gasteiger partial charge in [-0.25, -0.2) is 8.42 Å². The zero-order valence-electron chi connectivity index (χ0n) is 20.3. The maximum absolute atomic E-state index is 13.5. The number of nitrogens with one attached hydrogen (secondary N) is 1. The van der Waals surface area contributed by atoms with Crippen LogP contribution < -0.4 is 11.1 Å². The van der Waals surface area contributed by atoms with Crippen LogP contribution in [-0.4, -0.2) is 43.2 Å². The van der Waals surface area contributed by atoms with E-state index in [9.17, 15) is 18.0 Å². The van der Waals surface area contributed by atoms with E-state index in [0.717, 1.165) is 56.1 Å². The van der Waals surface area contributed by atoms with Crippen LogP contribution in [0.15, 0.2) is 59.5 Å². The van der Waals surface area contributed by atoms with Crippen LogP contribution >= 0.6 is 0 Å². The Morgan fingerprint density at radius 3 is 2.11 bits per heavy atom. The molecule has 190 valence electrons. The molecule has 0 radical (unpaired) electrons. The molecule has 4 bridgehead atoms. The number of rotatable bonds is 8. The highest BCUT2D eigenvalue weighted by Gasteiger charge is 2.58. The molecular formula is C28H33N3O4S. The number of sulfonamides is 1. The van der Waals surface area contributed by atoms with Crippen molar-refractivity contribution in [1.29, 1.82) is 0 Å². The molecule has 7 rings (SSSR count). The summed E-state index contributed by atoms with van der Waals surface area (Å²) in [6.45, 7) is -0.173. The van der Waals surface area contributed by atoms with Crippen molar-refractivity contribution in [3.8, 4) is 11.1 Å². The normalized spacial score (nSPS) is 30.9. The van der Waals surface area contributed by atoms with Gasteiger partial charge in [0.05, 0.1) is 11.4 Å². The first-order chi connectivity index (χ1) is 17.2. The Morgan fingerprint density at radius 2 is 1.53 bits per heavy atom. The molecule has 2 atom stereocenters. The van der Waals surface area contributed by atoms with Crippen LogP contribution in [0.25, 0.3) is 11.1 Å². The summed E-state index contributed by atoms with van der Waals surface area (Å²) in [5, 5.41) is 3.19. The van der Waals surface area contributed by atoms with Crippen molar-refractivity contribution in [3.63, 3.8) is 0 Å². The lowest BCUT2D eigenvalue weighted by Crippen LogP contribution is -2.62. The summed E-state index contributed by atoms with van der Waals surface area (Å²) in [7, 11) is -3.80. The summed E-state index contributed by atoms with van der Waals surface area (Å²) in [5.41, 5.74) is 7.35. The van der Waals surface area contributed by atoms with Crippen molar-refractivity contribution in [3.05, 3.63) is 54.6 Å². The van der Waals surface area contributed by atoms with Gasteiger partial charge in [-0.15, -0.1) is 0 Å². The van der Waals surface area contributed by atoms with Crippen LogP contribution in [0.3, 0.4) is 0 Å². The highest BCUT2D eigenvalue weighted by Crippen LogP contribution is 2.59. The highest BCUT2D eigenvalue weighted by atomic mass is 32.2. The number of carbonyl (C=O) groups excluding carboxylic acids is 2. The quantitative estimate of drug-likeness (QED) is 0.571. The molecule has 5 saturated carbocycles. The molecule has 5 aliphatic rings. The van der Waals surface area contributed by atoms with Gasteiger partial charge in [-0.1, -0.05) is 42.5 Å². The van der Waals surface area contributed by atoms with Gasteiger partial charge >= 0.3 is 0 Å². The minimum Gasteiger partial charge on any atom is -0.369 e. The topological polar surface area (TPSA) is 110 Å².